The van der Waals surface area contributed by atoms with Crippen LogP contribution >= 0.6 is 22.9 Å². The number of ether oxygens (including phenoxy) is 2. The van der Waals surface area contributed by atoms with Crippen molar-refractivity contribution in [1.29, 1.82) is 0 Å². The molecule has 0 N–H and O–H groups in total. The molecule has 0 fully saturated rings. The first-order valence-corrected chi connectivity index (χ1v) is 10.9. The molecule has 2 aromatic carbocycles. The number of esters is 1. The largest absolute Gasteiger partial charge is 0.497 e. The number of nitrogens with zero attached hydrogens (tertiary/aromatic N) is 1. The van der Waals surface area contributed by atoms with E-state index >= 15 is 0 Å². The third-order valence-corrected chi connectivity index (χ3v) is 7.24. The van der Waals surface area contributed by atoms with E-state index in [1.807, 2.05) is 36.2 Å². The molecule has 0 amide bonds. The normalized spacial score (nSPS) is 15.9. The molecule has 1 aliphatic heterocycles. The number of hydrogen-bond donors (Lipinski definition) is 0. The molecule has 0 aliphatic carbocycles. The maximum atomic E-state index is 12.6. The molecule has 0 unspecified atom stereocenters. The van der Waals surface area contributed by atoms with Crippen molar-refractivity contribution in [3.8, 4) is 5.75 Å². The van der Waals surface area contributed by atoms with Crippen molar-refractivity contribution in [3.05, 3.63) is 69.7 Å². The fraction of sp³-hybridized carbons (Fsp3) is 0.250. The van der Waals surface area contributed by atoms with Crippen LogP contribution in [0.15, 0.2) is 54.2 Å². The lowest BCUT2D eigenvalue weighted by Gasteiger charge is -2.23. The number of methoxy groups -OCH3 is 1. The maximum Gasteiger partial charge on any atom is 0.350 e. The summed E-state index contributed by atoms with van der Waals surface area (Å²) in [6.07, 6.45) is 1.56. The molecule has 1 aromatic heterocycles. The fourth-order valence-electron chi connectivity index (χ4n) is 3.96. The summed E-state index contributed by atoms with van der Waals surface area (Å²) in [7, 11) is 3.51. The van der Waals surface area contributed by atoms with E-state index in [1.165, 1.54) is 11.3 Å². The zero-order valence-corrected chi connectivity index (χ0v) is 19.3. The van der Waals surface area contributed by atoms with Crippen molar-refractivity contribution in [3.63, 3.8) is 0 Å². The Kier molecular flexibility index (Phi) is 5.54. The van der Waals surface area contributed by atoms with Gasteiger partial charge in [0.1, 0.15) is 10.6 Å². The van der Waals surface area contributed by atoms with Gasteiger partial charge in [-0.15, -0.1) is 11.3 Å². The predicted molar refractivity (Wildman–Crippen MR) is 125 cm³/mol. The Bertz CT molecular complexity index is 1230. The molecule has 7 heteroatoms. The number of rotatable bonds is 5. The lowest BCUT2D eigenvalue weighted by atomic mass is 9.83. The van der Waals surface area contributed by atoms with E-state index < -0.39 is 5.97 Å². The summed E-state index contributed by atoms with van der Waals surface area (Å²) in [5.74, 6) is -0.217. The third kappa shape index (κ3) is 3.70. The summed E-state index contributed by atoms with van der Waals surface area (Å²) in [6.45, 7) is 3.80. The van der Waals surface area contributed by atoms with E-state index in [0.717, 1.165) is 27.0 Å². The summed E-state index contributed by atoms with van der Waals surface area (Å²) in [5, 5.41) is 1.07. The maximum absolute atomic E-state index is 12.6. The zero-order chi connectivity index (χ0) is 22.3. The molecule has 3 aromatic rings. The molecular weight excluding hydrogens is 434 g/mol. The Hall–Kier alpha value is -2.83. The van der Waals surface area contributed by atoms with Crippen LogP contribution in [0.5, 0.6) is 5.75 Å². The average Bonchev–Trinajstić information content (AvgIpc) is 3.19. The van der Waals surface area contributed by atoms with E-state index in [4.69, 9.17) is 21.1 Å². The molecule has 0 bridgehead atoms. The standard InChI is InChI=1S/C24H22ClNO4S/c1-24(2)17-7-5-6-8-18(17)26(3)20(24)11-14(27)13-30-23(28)22-21(25)16-10-9-15(29-4)12-19(16)31-22/h5-12H,13H2,1-4H3. The minimum atomic E-state index is -0.612. The smallest absolute Gasteiger partial charge is 0.350 e. The van der Waals surface area contributed by atoms with Crippen molar-refractivity contribution in [2.75, 3.05) is 25.7 Å². The number of fused-ring (bicyclic) bond motifs is 2. The summed E-state index contributed by atoms with van der Waals surface area (Å²) in [4.78, 5) is 27.5. The molecule has 0 saturated heterocycles. The van der Waals surface area contributed by atoms with Gasteiger partial charge in [0.05, 0.1) is 12.1 Å². The minimum absolute atomic E-state index is 0.274. The lowest BCUT2D eigenvalue weighted by molar-refractivity contribution is -0.117. The second kappa shape index (κ2) is 8.02. The Labute approximate surface area is 189 Å². The Balaban J connectivity index is 1.50. The molecule has 5 nitrogen and oxygen atoms in total. The van der Waals surface area contributed by atoms with Gasteiger partial charge in [-0.2, -0.15) is 0 Å². The number of thiophene rings is 1. The van der Waals surface area contributed by atoms with E-state index in [0.29, 0.717) is 10.8 Å². The SMILES string of the molecule is COc1ccc2c(Cl)c(C(=O)OCC(=O)C=C3N(C)c4ccccc4C3(C)C)sc2c1. The number of para-hydroxylation sites is 1. The number of anilines is 1. The molecule has 0 saturated carbocycles. The Morgan fingerprint density at radius 1 is 1.19 bits per heavy atom. The van der Waals surface area contributed by atoms with Gasteiger partial charge in [0.15, 0.2) is 12.4 Å². The quantitative estimate of drug-likeness (QED) is 0.370. The summed E-state index contributed by atoms with van der Waals surface area (Å²) in [5.41, 5.74) is 2.76. The first-order valence-electron chi connectivity index (χ1n) is 9.75. The Morgan fingerprint density at radius 2 is 1.94 bits per heavy atom. The van der Waals surface area contributed by atoms with Crippen LogP contribution in [0, 0.1) is 0 Å². The van der Waals surface area contributed by atoms with Crippen LogP contribution < -0.4 is 9.64 Å². The van der Waals surface area contributed by atoms with Crippen molar-refractivity contribution in [1.82, 2.24) is 0 Å². The highest BCUT2D eigenvalue weighted by atomic mass is 35.5. The van der Waals surface area contributed by atoms with Crippen molar-refractivity contribution >= 4 is 50.5 Å². The van der Waals surface area contributed by atoms with Gasteiger partial charge >= 0.3 is 5.97 Å². The van der Waals surface area contributed by atoms with Gasteiger partial charge in [0.2, 0.25) is 0 Å². The number of likely N-dealkylation sites (N-methyl/N-ethyl adjacent to an activating group) is 1. The minimum Gasteiger partial charge on any atom is -0.497 e. The summed E-state index contributed by atoms with van der Waals surface area (Å²) < 4.78 is 11.3. The van der Waals surface area contributed by atoms with Gasteiger partial charge in [-0.05, 0) is 29.8 Å². The van der Waals surface area contributed by atoms with Crippen LogP contribution in [-0.2, 0) is 14.9 Å². The highest BCUT2D eigenvalue weighted by molar-refractivity contribution is 7.21. The lowest BCUT2D eigenvalue weighted by Crippen LogP contribution is -2.25. The number of allylic oxidation sites excluding steroid dienone is 1. The highest BCUT2D eigenvalue weighted by Gasteiger charge is 2.38. The van der Waals surface area contributed by atoms with Crippen LogP contribution in [0.4, 0.5) is 5.69 Å². The number of halogens is 1. The molecule has 2 heterocycles. The summed E-state index contributed by atoms with van der Waals surface area (Å²) in [6, 6.07) is 13.5. The van der Waals surface area contributed by atoms with Crippen LogP contribution in [0.3, 0.4) is 0 Å². The van der Waals surface area contributed by atoms with Crippen molar-refractivity contribution < 1.29 is 19.1 Å². The molecule has 31 heavy (non-hydrogen) atoms. The van der Waals surface area contributed by atoms with Gasteiger partial charge < -0.3 is 14.4 Å². The number of ketones is 1. The molecule has 0 spiro atoms. The van der Waals surface area contributed by atoms with Gasteiger partial charge in [-0.25, -0.2) is 4.79 Å². The molecule has 4 rings (SSSR count). The van der Waals surface area contributed by atoms with E-state index in [9.17, 15) is 9.59 Å². The first-order chi connectivity index (χ1) is 14.7. The second-order valence-corrected chi connectivity index (χ2v) is 9.31. The first kappa shape index (κ1) is 21.4. The van der Waals surface area contributed by atoms with Gasteiger partial charge in [0.25, 0.3) is 0 Å². The third-order valence-electron chi connectivity index (χ3n) is 5.61. The predicted octanol–water partition coefficient (Wildman–Crippen LogP) is 5.60. The monoisotopic (exact) mass is 455 g/mol. The van der Waals surface area contributed by atoms with Crippen LogP contribution in [0.1, 0.15) is 29.1 Å². The van der Waals surface area contributed by atoms with Crippen molar-refractivity contribution in [2.45, 2.75) is 19.3 Å². The van der Waals surface area contributed by atoms with Crippen molar-refractivity contribution in [2.24, 2.45) is 0 Å². The van der Waals surface area contributed by atoms with E-state index in [2.05, 4.69) is 19.9 Å². The molecular formula is C24H22ClNO4S. The zero-order valence-electron chi connectivity index (χ0n) is 17.7. The molecule has 160 valence electrons. The average molecular weight is 456 g/mol. The van der Waals surface area contributed by atoms with Crippen LogP contribution in [0.25, 0.3) is 10.1 Å². The highest BCUT2D eigenvalue weighted by Crippen LogP contribution is 2.46. The topological polar surface area (TPSA) is 55.8 Å². The van der Waals surface area contributed by atoms with E-state index in [1.54, 1.807) is 25.3 Å². The second-order valence-electron chi connectivity index (χ2n) is 7.88. The Morgan fingerprint density at radius 3 is 2.65 bits per heavy atom. The molecule has 0 atom stereocenters. The van der Waals surface area contributed by atoms with Gasteiger partial charge in [0, 0.05) is 40.0 Å². The van der Waals surface area contributed by atoms with Gasteiger partial charge in [-0.1, -0.05) is 43.6 Å². The number of carbonyl (C=O) groups is 2. The van der Waals surface area contributed by atoms with Gasteiger partial charge in [-0.3, -0.25) is 4.79 Å². The van der Waals surface area contributed by atoms with Crippen LogP contribution in [0.2, 0.25) is 5.02 Å². The van der Waals surface area contributed by atoms with E-state index in [-0.39, 0.29) is 22.7 Å². The summed E-state index contributed by atoms with van der Waals surface area (Å²) >= 11 is 7.59. The number of benzene rings is 2. The number of carbonyl (C=O) groups excluding carboxylic acids is 2. The fourth-order valence-corrected chi connectivity index (χ4v) is 5.39. The molecule has 1 aliphatic rings. The number of hydrogen-bond acceptors (Lipinski definition) is 6. The molecule has 0 radical (unpaired) electrons. The van der Waals surface area contributed by atoms with Crippen LogP contribution in [-0.4, -0.2) is 32.5 Å².